The average Bonchev–Trinajstić information content (AvgIpc) is 3.19. The number of rotatable bonds is 4. The number of benzene rings is 1. The Morgan fingerprint density at radius 3 is 2.72 bits per heavy atom. The second kappa shape index (κ2) is 7.73. The number of piperazine rings is 1. The zero-order valence-electron chi connectivity index (χ0n) is 14.3. The maximum atomic E-state index is 6.14. The number of nitrogens with one attached hydrogen (secondary N) is 1. The van der Waals surface area contributed by atoms with Crippen LogP contribution < -0.4 is 10.1 Å². The number of hydrogen-bond donors (Lipinski definition) is 1. The van der Waals surface area contributed by atoms with E-state index in [9.17, 15) is 0 Å². The summed E-state index contributed by atoms with van der Waals surface area (Å²) < 4.78 is 5.78. The minimum Gasteiger partial charge on any atom is -0.437 e. The van der Waals surface area contributed by atoms with Crippen LogP contribution in [0.25, 0.3) is 0 Å². The van der Waals surface area contributed by atoms with Gasteiger partial charge < -0.3 is 10.1 Å². The normalized spacial score (nSPS) is 22.2. The van der Waals surface area contributed by atoms with Gasteiger partial charge in [0.05, 0.1) is 5.02 Å². The second-order valence-electron chi connectivity index (χ2n) is 6.90. The van der Waals surface area contributed by atoms with E-state index in [1.165, 1.54) is 31.2 Å². The molecule has 1 saturated carbocycles. The number of nitrogens with zero attached hydrogens (tertiary/aromatic N) is 2. The highest BCUT2D eigenvalue weighted by atomic mass is 35.5. The third-order valence-electron chi connectivity index (χ3n) is 5.26. The molecule has 1 aromatic carbocycles. The van der Waals surface area contributed by atoms with Crippen LogP contribution in [-0.4, -0.2) is 35.6 Å². The van der Waals surface area contributed by atoms with Gasteiger partial charge in [-0.25, -0.2) is 4.98 Å². The number of hydrogen-bond acceptors (Lipinski definition) is 4. The maximum Gasteiger partial charge on any atom is 0.219 e. The van der Waals surface area contributed by atoms with Crippen LogP contribution in [0.15, 0.2) is 42.6 Å². The first-order valence-corrected chi connectivity index (χ1v) is 9.53. The number of ether oxygens (including phenoxy) is 1. The Labute approximate surface area is 154 Å². The van der Waals surface area contributed by atoms with Gasteiger partial charge in [-0.2, -0.15) is 0 Å². The molecule has 2 aromatic rings. The first kappa shape index (κ1) is 16.8. The van der Waals surface area contributed by atoms with Crippen molar-refractivity contribution in [2.45, 2.75) is 37.8 Å². The van der Waals surface area contributed by atoms with Crippen molar-refractivity contribution in [3.8, 4) is 11.6 Å². The Morgan fingerprint density at radius 2 is 1.96 bits per heavy atom. The van der Waals surface area contributed by atoms with Crippen molar-refractivity contribution in [3.63, 3.8) is 0 Å². The van der Waals surface area contributed by atoms with Crippen LogP contribution in [0.3, 0.4) is 0 Å². The van der Waals surface area contributed by atoms with Gasteiger partial charge in [-0.1, -0.05) is 42.6 Å². The zero-order chi connectivity index (χ0) is 17.1. The van der Waals surface area contributed by atoms with Crippen LogP contribution in [0.5, 0.6) is 11.6 Å². The van der Waals surface area contributed by atoms with Crippen LogP contribution in [0.2, 0.25) is 5.02 Å². The quantitative estimate of drug-likeness (QED) is 0.879. The van der Waals surface area contributed by atoms with Gasteiger partial charge in [-0.15, -0.1) is 0 Å². The standard InChI is InChI=1S/C20H24ClN3O/c21-17-7-3-4-8-19(17)25-20-10-9-15(13-23-20)18-14-24(12-11-22-18)16-5-1-2-6-16/h3-4,7-10,13,16,18,22H,1-2,5-6,11-12,14H2. The minimum atomic E-state index is 0.344. The third-order valence-corrected chi connectivity index (χ3v) is 5.57. The molecule has 0 radical (unpaired) electrons. The van der Waals surface area contributed by atoms with Gasteiger partial charge in [-0.05, 0) is 30.5 Å². The second-order valence-corrected chi connectivity index (χ2v) is 7.31. The van der Waals surface area contributed by atoms with Gasteiger partial charge in [0.25, 0.3) is 0 Å². The van der Waals surface area contributed by atoms with Crippen molar-refractivity contribution in [2.75, 3.05) is 19.6 Å². The van der Waals surface area contributed by atoms with Gasteiger partial charge >= 0.3 is 0 Å². The Kier molecular flexibility index (Phi) is 5.20. The van der Waals surface area contributed by atoms with Crippen LogP contribution >= 0.6 is 11.6 Å². The summed E-state index contributed by atoms with van der Waals surface area (Å²) in [5.74, 6) is 1.20. The fraction of sp³-hybridized carbons (Fsp3) is 0.450. The van der Waals surface area contributed by atoms with Crippen molar-refractivity contribution in [1.82, 2.24) is 15.2 Å². The Hall–Kier alpha value is -1.62. The SMILES string of the molecule is Clc1ccccc1Oc1ccc(C2CN(C3CCCC3)CCN2)cn1. The summed E-state index contributed by atoms with van der Waals surface area (Å²) in [4.78, 5) is 7.13. The molecule has 1 N–H and O–H groups in total. The molecule has 1 unspecified atom stereocenters. The zero-order valence-corrected chi connectivity index (χ0v) is 15.1. The van der Waals surface area contributed by atoms with E-state index in [0.717, 1.165) is 25.7 Å². The molecular weight excluding hydrogens is 334 g/mol. The molecule has 1 aliphatic carbocycles. The molecule has 1 aromatic heterocycles. The lowest BCUT2D eigenvalue weighted by molar-refractivity contribution is 0.145. The molecule has 1 saturated heterocycles. The molecule has 0 amide bonds. The molecule has 1 aliphatic heterocycles. The fourth-order valence-corrected chi connectivity index (χ4v) is 4.07. The largest absolute Gasteiger partial charge is 0.437 e. The highest BCUT2D eigenvalue weighted by Crippen LogP contribution is 2.29. The highest BCUT2D eigenvalue weighted by molar-refractivity contribution is 6.32. The van der Waals surface area contributed by atoms with Crippen molar-refractivity contribution < 1.29 is 4.74 Å². The van der Waals surface area contributed by atoms with Crippen molar-refractivity contribution in [3.05, 3.63) is 53.2 Å². The Balaban J connectivity index is 1.42. The molecule has 2 heterocycles. The predicted molar refractivity (Wildman–Crippen MR) is 100 cm³/mol. The molecule has 4 nitrogen and oxygen atoms in total. The fourth-order valence-electron chi connectivity index (χ4n) is 3.90. The Bertz CT molecular complexity index is 700. The maximum absolute atomic E-state index is 6.14. The van der Waals surface area contributed by atoms with Crippen molar-refractivity contribution in [2.24, 2.45) is 0 Å². The van der Waals surface area contributed by atoms with E-state index in [4.69, 9.17) is 16.3 Å². The smallest absolute Gasteiger partial charge is 0.219 e. The molecule has 0 bridgehead atoms. The molecule has 5 heteroatoms. The lowest BCUT2D eigenvalue weighted by Gasteiger charge is -2.37. The van der Waals surface area contributed by atoms with E-state index in [2.05, 4.69) is 21.3 Å². The van der Waals surface area contributed by atoms with Gasteiger partial charge in [0.1, 0.15) is 5.75 Å². The van der Waals surface area contributed by atoms with E-state index in [-0.39, 0.29) is 0 Å². The molecule has 2 aliphatic rings. The highest BCUT2D eigenvalue weighted by Gasteiger charge is 2.28. The summed E-state index contributed by atoms with van der Waals surface area (Å²) >= 11 is 6.14. The molecule has 2 fully saturated rings. The predicted octanol–water partition coefficient (Wildman–Crippen LogP) is 4.42. The summed E-state index contributed by atoms with van der Waals surface area (Å²) in [6.45, 7) is 3.26. The van der Waals surface area contributed by atoms with Crippen LogP contribution in [0, 0.1) is 0 Å². The number of para-hydroxylation sites is 1. The number of pyridine rings is 1. The first-order valence-electron chi connectivity index (χ1n) is 9.15. The summed E-state index contributed by atoms with van der Waals surface area (Å²) in [5.41, 5.74) is 1.22. The molecule has 0 spiro atoms. The van der Waals surface area contributed by atoms with Crippen molar-refractivity contribution in [1.29, 1.82) is 0 Å². The lowest BCUT2D eigenvalue weighted by Crippen LogP contribution is -2.49. The topological polar surface area (TPSA) is 37.4 Å². The molecule has 4 rings (SSSR count). The first-order chi connectivity index (χ1) is 12.3. The van der Waals surface area contributed by atoms with Gasteiger partial charge in [0.15, 0.2) is 0 Å². The van der Waals surface area contributed by atoms with E-state index in [1.54, 1.807) is 0 Å². The lowest BCUT2D eigenvalue weighted by atomic mass is 10.0. The molecule has 25 heavy (non-hydrogen) atoms. The third kappa shape index (κ3) is 3.97. The average molecular weight is 358 g/mol. The van der Waals surface area contributed by atoms with E-state index >= 15 is 0 Å². The summed E-state index contributed by atoms with van der Waals surface area (Å²) in [6, 6.07) is 12.6. The Morgan fingerprint density at radius 1 is 1.12 bits per heavy atom. The monoisotopic (exact) mass is 357 g/mol. The van der Waals surface area contributed by atoms with E-state index < -0.39 is 0 Å². The number of halogens is 1. The summed E-state index contributed by atoms with van der Waals surface area (Å²) in [7, 11) is 0. The van der Waals surface area contributed by atoms with Gasteiger partial charge in [0, 0.05) is 44.0 Å². The summed E-state index contributed by atoms with van der Waals surface area (Å²) in [5, 5.41) is 4.22. The van der Waals surface area contributed by atoms with Crippen LogP contribution in [0.1, 0.15) is 37.3 Å². The minimum absolute atomic E-state index is 0.344. The van der Waals surface area contributed by atoms with Gasteiger partial charge in [0.2, 0.25) is 5.88 Å². The van der Waals surface area contributed by atoms with E-state index in [0.29, 0.717) is 22.7 Å². The van der Waals surface area contributed by atoms with Crippen molar-refractivity contribution >= 4 is 11.6 Å². The number of aromatic nitrogens is 1. The molecule has 132 valence electrons. The van der Waals surface area contributed by atoms with E-state index in [1.807, 2.05) is 36.5 Å². The van der Waals surface area contributed by atoms with Gasteiger partial charge in [-0.3, -0.25) is 4.90 Å². The summed E-state index contributed by atoms with van der Waals surface area (Å²) in [6.07, 6.45) is 7.40. The molecule has 1 atom stereocenters. The molecular formula is C20H24ClN3O. The van der Waals surface area contributed by atoms with Crippen LogP contribution in [-0.2, 0) is 0 Å². The van der Waals surface area contributed by atoms with Crippen LogP contribution in [0.4, 0.5) is 0 Å².